The smallest absolute Gasteiger partial charge is 0.247 e. The zero-order chi connectivity index (χ0) is 18.7. The van der Waals surface area contributed by atoms with Crippen molar-refractivity contribution in [2.45, 2.75) is 32.6 Å². The van der Waals surface area contributed by atoms with Gasteiger partial charge in [0.25, 0.3) is 0 Å². The summed E-state index contributed by atoms with van der Waals surface area (Å²) in [4.78, 5) is 18.6. The molecular weight excluding hydrogens is 322 g/mol. The fraction of sp³-hybridized carbons (Fsp3) is 0.273. The second-order valence-corrected chi connectivity index (χ2v) is 6.78. The lowest BCUT2D eigenvalue weighted by atomic mass is 9.83. The summed E-state index contributed by atoms with van der Waals surface area (Å²) in [6.45, 7) is 6.49. The molecule has 2 heterocycles. The van der Waals surface area contributed by atoms with E-state index in [1.807, 2.05) is 31.6 Å². The third-order valence-electron chi connectivity index (χ3n) is 5.18. The fourth-order valence-corrected chi connectivity index (χ4v) is 3.37. The van der Waals surface area contributed by atoms with Crippen LogP contribution in [-0.4, -0.2) is 17.0 Å². The van der Waals surface area contributed by atoms with E-state index in [2.05, 4.69) is 60.3 Å². The first-order valence-electron chi connectivity index (χ1n) is 8.93. The Morgan fingerprint density at radius 3 is 2.54 bits per heavy atom. The van der Waals surface area contributed by atoms with Crippen LogP contribution in [0.2, 0.25) is 0 Å². The number of aromatic nitrogens is 2. The predicted molar refractivity (Wildman–Crippen MR) is 108 cm³/mol. The number of hydrogen-bond acceptors (Lipinski definition) is 3. The van der Waals surface area contributed by atoms with Crippen molar-refractivity contribution in [1.29, 1.82) is 0 Å². The molecule has 0 fully saturated rings. The number of anilines is 1. The minimum atomic E-state index is -0.0698. The van der Waals surface area contributed by atoms with Gasteiger partial charge in [0.15, 0.2) is 0 Å². The largest absolute Gasteiger partial charge is 0.388 e. The number of rotatable bonds is 5. The number of nitrogens with one attached hydrogen (secondary N) is 2. The summed E-state index contributed by atoms with van der Waals surface area (Å²) in [7, 11) is 1.95. The molecule has 2 atom stereocenters. The van der Waals surface area contributed by atoms with Gasteiger partial charge in [0, 0.05) is 36.8 Å². The molecule has 0 saturated heterocycles. The Kier molecular flexibility index (Phi) is 5.21. The number of hydrogen-bond donors (Lipinski definition) is 2. The van der Waals surface area contributed by atoms with Crippen molar-refractivity contribution in [2.75, 3.05) is 12.4 Å². The Labute approximate surface area is 154 Å². The van der Waals surface area contributed by atoms with E-state index in [0.717, 1.165) is 28.1 Å². The van der Waals surface area contributed by atoms with Crippen LogP contribution < -0.4 is 10.9 Å². The first kappa shape index (κ1) is 17.9. The van der Waals surface area contributed by atoms with Crippen LogP contribution in [0.3, 0.4) is 0 Å². The van der Waals surface area contributed by atoms with E-state index in [0.29, 0.717) is 5.92 Å². The minimum absolute atomic E-state index is 0.0698. The van der Waals surface area contributed by atoms with Crippen LogP contribution >= 0.6 is 0 Å². The van der Waals surface area contributed by atoms with E-state index in [4.69, 9.17) is 0 Å². The average molecular weight is 347 g/mol. The van der Waals surface area contributed by atoms with Gasteiger partial charge in [-0.05, 0) is 47.6 Å². The molecule has 4 heteroatoms. The van der Waals surface area contributed by atoms with Gasteiger partial charge in [0.1, 0.15) is 0 Å². The van der Waals surface area contributed by atoms with Crippen LogP contribution in [0.1, 0.15) is 42.4 Å². The molecule has 2 unspecified atom stereocenters. The monoisotopic (exact) mass is 347 g/mol. The molecule has 0 spiro atoms. The number of aryl methyl sites for hydroxylation is 1. The molecule has 26 heavy (non-hydrogen) atoms. The highest BCUT2D eigenvalue weighted by atomic mass is 16.1. The van der Waals surface area contributed by atoms with Crippen LogP contribution in [0.5, 0.6) is 0 Å². The summed E-state index contributed by atoms with van der Waals surface area (Å²) in [6.07, 6.45) is 3.64. The van der Waals surface area contributed by atoms with E-state index in [1.54, 1.807) is 6.07 Å². The van der Waals surface area contributed by atoms with E-state index >= 15 is 0 Å². The standard InChI is InChI=1S/C22H25N3O/c1-14-6-5-11-24-22(14)17-7-9-19(20(12-17)23-4)16(3)15(2)18-8-10-21(26)25-13-18/h5-13,15-16,23H,1-4H3,(H,25,26). The first-order chi connectivity index (χ1) is 12.5. The molecule has 2 aromatic heterocycles. The second-order valence-electron chi connectivity index (χ2n) is 6.78. The Morgan fingerprint density at radius 2 is 1.88 bits per heavy atom. The highest BCUT2D eigenvalue weighted by Gasteiger charge is 2.20. The molecule has 0 bridgehead atoms. The predicted octanol–water partition coefficient (Wildman–Crippen LogP) is 4.69. The number of nitrogens with zero attached hydrogens (tertiary/aromatic N) is 1. The summed E-state index contributed by atoms with van der Waals surface area (Å²) in [6, 6.07) is 14.0. The normalized spacial score (nSPS) is 13.2. The molecule has 0 aliphatic heterocycles. The second kappa shape index (κ2) is 7.56. The van der Waals surface area contributed by atoms with Crippen molar-refractivity contribution < 1.29 is 0 Å². The molecule has 3 aromatic rings. The summed E-state index contributed by atoms with van der Waals surface area (Å²) in [5, 5.41) is 3.34. The quantitative estimate of drug-likeness (QED) is 0.704. The molecular formula is C22H25N3O. The lowest BCUT2D eigenvalue weighted by Crippen LogP contribution is -2.10. The van der Waals surface area contributed by atoms with Crippen molar-refractivity contribution in [3.63, 3.8) is 0 Å². The van der Waals surface area contributed by atoms with Crippen LogP contribution in [0, 0.1) is 6.92 Å². The molecule has 0 aliphatic rings. The Hall–Kier alpha value is -2.88. The fourth-order valence-electron chi connectivity index (χ4n) is 3.37. The van der Waals surface area contributed by atoms with Gasteiger partial charge in [-0.1, -0.05) is 38.1 Å². The van der Waals surface area contributed by atoms with Crippen LogP contribution in [0.25, 0.3) is 11.3 Å². The molecule has 1 aromatic carbocycles. The Balaban J connectivity index is 1.96. The van der Waals surface area contributed by atoms with Gasteiger partial charge >= 0.3 is 0 Å². The SMILES string of the molecule is CNc1cc(-c2ncccc2C)ccc1C(C)C(C)c1ccc(=O)[nH]c1. The summed E-state index contributed by atoms with van der Waals surface area (Å²) < 4.78 is 0. The maximum absolute atomic E-state index is 11.3. The molecule has 134 valence electrons. The topological polar surface area (TPSA) is 57.8 Å². The molecule has 0 aliphatic carbocycles. The minimum Gasteiger partial charge on any atom is -0.388 e. The number of benzene rings is 1. The van der Waals surface area contributed by atoms with Crippen molar-refractivity contribution in [3.05, 3.63) is 81.9 Å². The van der Waals surface area contributed by atoms with E-state index in [9.17, 15) is 4.79 Å². The number of pyridine rings is 2. The van der Waals surface area contributed by atoms with E-state index in [1.165, 1.54) is 5.56 Å². The maximum Gasteiger partial charge on any atom is 0.247 e. The highest BCUT2D eigenvalue weighted by Crippen LogP contribution is 2.37. The average Bonchev–Trinajstić information content (AvgIpc) is 2.67. The first-order valence-corrected chi connectivity index (χ1v) is 8.93. The summed E-state index contributed by atoms with van der Waals surface area (Å²) in [5.41, 5.74) is 6.71. The highest BCUT2D eigenvalue weighted by molar-refractivity contribution is 5.70. The van der Waals surface area contributed by atoms with Gasteiger partial charge in [-0.15, -0.1) is 0 Å². The third kappa shape index (κ3) is 3.54. The molecule has 3 rings (SSSR count). The van der Waals surface area contributed by atoms with Gasteiger partial charge < -0.3 is 10.3 Å². The van der Waals surface area contributed by atoms with E-state index < -0.39 is 0 Å². The molecule has 2 N–H and O–H groups in total. The molecule has 4 nitrogen and oxygen atoms in total. The zero-order valence-electron chi connectivity index (χ0n) is 15.7. The van der Waals surface area contributed by atoms with Gasteiger partial charge in [-0.2, -0.15) is 0 Å². The summed E-state index contributed by atoms with van der Waals surface area (Å²) in [5.74, 6) is 0.573. The van der Waals surface area contributed by atoms with Gasteiger partial charge in [-0.3, -0.25) is 9.78 Å². The maximum atomic E-state index is 11.3. The van der Waals surface area contributed by atoms with Crippen LogP contribution in [0.15, 0.2) is 59.7 Å². The Morgan fingerprint density at radius 1 is 1.08 bits per heavy atom. The van der Waals surface area contributed by atoms with Crippen molar-refractivity contribution in [1.82, 2.24) is 9.97 Å². The van der Waals surface area contributed by atoms with Crippen LogP contribution in [0.4, 0.5) is 5.69 Å². The van der Waals surface area contributed by atoms with Gasteiger partial charge in [0.05, 0.1) is 5.69 Å². The zero-order valence-corrected chi connectivity index (χ0v) is 15.7. The van der Waals surface area contributed by atoms with Crippen molar-refractivity contribution >= 4 is 5.69 Å². The third-order valence-corrected chi connectivity index (χ3v) is 5.18. The summed E-state index contributed by atoms with van der Waals surface area (Å²) >= 11 is 0. The van der Waals surface area contributed by atoms with E-state index in [-0.39, 0.29) is 11.5 Å². The van der Waals surface area contributed by atoms with Gasteiger partial charge in [-0.25, -0.2) is 0 Å². The lowest BCUT2D eigenvalue weighted by molar-refractivity contribution is 0.622. The lowest BCUT2D eigenvalue weighted by Gasteiger charge is -2.24. The molecule has 0 radical (unpaired) electrons. The molecule has 0 amide bonds. The van der Waals surface area contributed by atoms with Crippen molar-refractivity contribution in [2.24, 2.45) is 0 Å². The van der Waals surface area contributed by atoms with Crippen LogP contribution in [-0.2, 0) is 0 Å². The molecule has 0 saturated carbocycles. The Bertz CT molecular complexity index is 941. The van der Waals surface area contributed by atoms with Crippen molar-refractivity contribution in [3.8, 4) is 11.3 Å². The number of H-pyrrole nitrogens is 1. The number of aromatic amines is 1. The van der Waals surface area contributed by atoms with Gasteiger partial charge in [0.2, 0.25) is 5.56 Å².